The molecule has 1 aliphatic rings. The summed E-state index contributed by atoms with van der Waals surface area (Å²) in [5.41, 5.74) is 4.94. The zero-order valence-corrected chi connectivity index (χ0v) is 11.2. The van der Waals surface area contributed by atoms with E-state index in [1.807, 2.05) is 0 Å². The Labute approximate surface area is 113 Å². The number of carbonyl (C=O) groups excluding carboxylic acids is 1. The van der Waals surface area contributed by atoms with Crippen LogP contribution in [0.3, 0.4) is 0 Å². The molecule has 1 heterocycles. The van der Waals surface area contributed by atoms with Crippen LogP contribution in [0.1, 0.15) is 43.0 Å². The number of amides is 1. The highest BCUT2D eigenvalue weighted by Crippen LogP contribution is 2.32. The van der Waals surface area contributed by atoms with Crippen molar-refractivity contribution in [2.75, 3.05) is 11.9 Å². The zero-order valence-electron chi connectivity index (χ0n) is 11.2. The quantitative estimate of drug-likeness (QED) is 0.768. The van der Waals surface area contributed by atoms with Gasteiger partial charge in [-0.15, -0.1) is 0 Å². The number of nitrogens with one attached hydrogen (secondary N) is 1. The van der Waals surface area contributed by atoms with Crippen LogP contribution in [0.25, 0.3) is 0 Å². The summed E-state index contributed by atoms with van der Waals surface area (Å²) in [6.07, 6.45) is 5.35. The van der Waals surface area contributed by atoms with Gasteiger partial charge in [-0.2, -0.15) is 0 Å². The van der Waals surface area contributed by atoms with Gasteiger partial charge < -0.3 is 16.2 Å². The molecule has 19 heavy (non-hydrogen) atoms. The van der Waals surface area contributed by atoms with Crippen LogP contribution in [0.15, 0.2) is 18.3 Å². The Bertz CT molecular complexity index is 464. The van der Waals surface area contributed by atoms with E-state index in [0.29, 0.717) is 23.8 Å². The van der Waals surface area contributed by atoms with Gasteiger partial charge in [-0.05, 0) is 30.9 Å². The second kappa shape index (κ2) is 5.57. The second-order valence-electron chi connectivity index (χ2n) is 5.54. The molecule has 2 unspecified atom stereocenters. The molecule has 4 N–H and O–H groups in total. The topological polar surface area (TPSA) is 88.2 Å². The minimum absolute atomic E-state index is 0.356. The van der Waals surface area contributed by atoms with Gasteiger partial charge in [0.15, 0.2) is 0 Å². The second-order valence-corrected chi connectivity index (χ2v) is 5.54. The predicted molar refractivity (Wildman–Crippen MR) is 73.8 cm³/mol. The average Bonchev–Trinajstić information content (AvgIpc) is 2.36. The Balaban J connectivity index is 2.04. The van der Waals surface area contributed by atoms with E-state index in [-0.39, 0.29) is 0 Å². The third-order valence-electron chi connectivity index (χ3n) is 3.73. The molecule has 5 heteroatoms. The van der Waals surface area contributed by atoms with Gasteiger partial charge in [-0.25, -0.2) is 4.98 Å². The van der Waals surface area contributed by atoms with E-state index in [0.717, 1.165) is 19.3 Å². The van der Waals surface area contributed by atoms with Gasteiger partial charge in [0.05, 0.1) is 11.2 Å². The molecule has 0 radical (unpaired) electrons. The SMILES string of the molecule is CC1CCCC(O)(CNc2ncccc2C(N)=O)C1. The number of pyridine rings is 1. The molecule has 1 aromatic rings. The van der Waals surface area contributed by atoms with Crippen molar-refractivity contribution >= 4 is 11.7 Å². The van der Waals surface area contributed by atoms with E-state index in [4.69, 9.17) is 5.73 Å². The summed E-state index contributed by atoms with van der Waals surface area (Å²) in [7, 11) is 0. The first-order valence-electron chi connectivity index (χ1n) is 6.71. The molecule has 104 valence electrons. The average molecular weight is 263 g/mol. The molecule has 5 nitrogen and oxygen atoms in total. The summed E-state index contributed by atoms with van der Waals surface area (Å²) < 4.78 is 0. The van der Waals surface area contributed by atoms with Crippen LogP contribution >= 0.6 is 0 Å². The fourth-order valence-corrected chi connectivity index (χ4v) is 2.79. The first-order chi connectivity index (χ1) is 9.00. The van der Waals surface area contributed by atoms with E-state index < -0.39 is 11.5 Å². The third-order valence-corrected chi connectivity index (χ3v) is 3.73. The summed E-state index contributed by atoms with van der Waals surface area (Å²) in [6.45, 7) is 2.55. The van der Waals surface area contributed by atoms with Crippen molar-refractivity contribution in [2.24, 2.45) is 11.7 Å². The number of rotatable bonds is 4. The minimum Gasteiger partial charge on any atom is -0.388 e. The fraction of sp³-hybridized carbons (Fsp3) is 0.571. The number of aromatic nitrogens is 1. The van der Waals surface area contributed by atoms with Gasteiger partial charge >= 0.3 is 0 Å². The molecule has 0 saturated heterocycles. The van der Waals surface area contributed by atoms with Crippen molar-refractivity contribution in [3.63, 3.8) is 0 Å². The highest BCUT2D eigenvalue weighted by atomic mass is 16.3. The number of hydrogen-bond acceptors (Lipinski definition) is 4. The predicted octanol–water partition coefficient (Wildman–Crippen LogP) is 1.53. The molecule has 2 atom stereocenters. The maximum atomic E-state index is 11.3. The van der Waals surface area contributed by atoms with Gasteiger partial charge in [0.1, 0.15) is 5.82 Å². The number of nitrogens with two attached hydrogens (primary N) is 1. The lowest BCUT2D eigenvalue weighted by Gasteiger charge is -2.35. The monoisotopic (exact) mass is 263 g/mol. The largest absolute Gasteiger partial charge is 0.388 e. The fourth-order valence-electron chi connectivity index (χ4n) is 2.79. The van der Waals surface area contributed by atoms with E-state index in [1.165, 1.54) is 6.42 Å². The lowest BCUT2D eigenvalue weighted by Crippen LogP contribution is -2.41. The summed E-state index contributed by atoms with van der Waals surface area (Å²) in [4.78, 5) is 15.4. The lowest BCUT2D eigenvalue weighted by atomic mass is 9.79. The maximum Gasteiger partial charge on any atom is 0.252 e. The molecule has 1 amide bonds. The molecular weight excluding hydrogens is 242 g/mol. The van der Waals surface area contributed by atoms with Gasteiger partial charge in [0.2, 0.25) is 0 Å². The van der Waals surface area contributed by atoms with Gasteiger partial charge in [0.25, 0.3) is 5.91 Å². The van der Waals surface area contributed by atoms with Crippen LogP contribution < -0.4 is 11.1 Å². The lowest BCUT2D eigenvalue weighted by molar-refractivity contribution is -0.000850. The Morgan fingerprint density at radius 3 is 3.16 bits per heavy atom. The Hall–Kier alpha value is -1.62. The first-order valence-corrected chi connectivity index (χ1v) is 6.71. The molecule has 0 spiro atoms. The van der Waals surface area contributed by atoms with E-state index in [9.17, 15) is 9.90 Å². The minimum atomic E-state index is -0.718. The van der Waals surface area contributed by atoms with E-state index in [1.54, 1.807) is 18.3 Å². The smallest absolute Gasteiger partial charge is 0.252 e. The first kappa shape index (κ1) is 13.8. The van der Waals surface area contributed by atoms with E-state index >= 15 is 0 Å². The van der Waals surface area contributed by atoms with Crippen LogP contribution in [0.5, 0.6) is 0 Å². The zero-order chi connectivity index (χ0) is 13.9. The molecule has 0 aliphatic heterocycles. The normalized spacial score (nSPS) is 26.9. The standard InChI is InChI=1S/C14H21N3O2/c1-10-4-2-6-14(19,8-10)9-17-13-11(12(15)18)5-3-7-16-13/h3,5,7,10,19H,2,4,6,8-9H2,1H3,(H2,15,18)(H,16,17). The third kappa shape index (κ3) is 3.44. The van der Waals surface area contributed by atoms with Crippen LogP contribution in [0.2, 0.25) is 0 Å². The number of carbonyl (C=O) groups is 1. The van der Waals surface area contributed by atoms with Crippen molar-refractivity contribution in [3.8, 4) is 0 Å². The molecule has 2 rings (SSSR count). The molecule has 0 bridgehead atoms. The van der Waals surface area contributed by atoms with Crippen molar-refractivity contribution in [1.82, 2.24) is 4.98 Å². The van der Waals surface area contributed by atoms with Crippen LogP contribution in [-0.4, -0.2) is 28.1 Å². The van der Waals surface area contributed by atoms with Crippen molar-refractivity contribution in [3.05, 3.63) is 23.9 Å². The molecule has 0 aromatic carbocycles. The number of primary amides is 1. The van der Waals surface area contributed by atoms with Crippen molar-refractivity contribution in [1.29, 1.82) is 0 Å². The highest BCUT2D eigenvalue weighted by Gasteiger charge is 2.32. The Morgan fingerprint density at radius 2 is 2.47 bits per heavy atom. The Kier molecular flexibility index (Phi) is 4.04. The van der Waals surface area contributed by atoms with Crippen LogP contribution in [-0.2, 0) is 0 Å². The molecular formula is C14H21N3O2. The number of nitrogens with zero attached hydrogens (tertiary/aromatic N) is 1. The van der Waals surface area contributed by atoms with Gasteiger partial charge in [0, 0.05) is 12.7 Å². The number of anilines is 1. The summed E-state index contributed by atoms with van der Waals surface area (Å²) >= 11 is 0. The molecule has 1 saturated carbocycles. The molecule has 1 fully saturated rings. The van der Waals surface area contributed by atoms with Crippen LogP contribution in [0.4, 0.5) is 5.82 Å². The van der Waals surface area contributed by atoms with Gasteiger partial charge in [-0.3, -0.25) is 4.79 Å². The molecule has 1 aliphatic carbocycles. The summed E-state index contributed by atoms with van der Waals surface area (Å²) in [5, 5.41) is 13.6. The summed E-state index contributed by atoms with van der Waals surface area (Å²) in [5.74, 6) is 0.459. The Morgan fingerprint density at radius 1 is 1.68 bits per heavy atom. The number of hydrogen-bond donors (Lipinski definition) is 3. The van der Waals surface area contributed by atoms with E-state index in [2.05, 4.69) is 17.2 Å². The van der Waals surface area contributed by atoms with Crippen LogP contribution in [0, 0.1) is 5.92 Å². The summed E-state index contributed by atoms with van der Waals surface area (Å²) in [6, 6.07) is 3.30. The van der Waals surface area contributed by atoms with Gasteiger partial charge in [-0.1, -0.05) is 19.8 Å². The maximum absolute atomic E-state index is 11.3. The number of aliphatic hydroxyl groups is 1. The molecule has 1 aromatic heterocycles. The highest BCUT2D eigenvalue weighted by molar-refractivity contribution is 5.97. The van der Waals surface area contributed by atoms with Crippen molar-refractivity contribution in [2.45, 2.75) is 38.2 Å². The van der Waals surface area contributed by atoms with Crippen molar-refractivity contribution < 1.29 is 9.90 Å².